The van der Waals surface area contributed by atoms with Gasteiger partial charge in [-0.2, -0.15) is 5.26 Å². The first-order valence-electron chi connectivity index (χ1n) is 14.8. The van der Waals surface area contributed by atoms with Gasteiger partial charge in [0.05, 0.1) is 18.5 Å². The van der Waals surface area contributed by atoms with Crippen molar-refractivity contribution in [1.82, 2.24) is 15.3 Å². The Kier molecular flexibility index (Phi) is 7.09. The Morgan fingerprint density at radius 1 is 1.07 bits per heavy atom. The first-order chi connectivity index (χ1) is 21.1. The van der Waals surface area contributed by atoms with E-state index in [9.17, 15) is 10.1 Å². The quantitative estimate of drug-likeness (QED) is 0.333. The summed E-state index contributed by atoms with van der Waals surface area (Å²) < 4.78 is 6.38. The van der Waals surface area contributed by atoms with Crippen LogP contribution in [0, 0.1) is 23.2 Å². The van der Waals surface area contributed by atoms with Gasteiger partial charge in [-0.15, -0.1) is 0 Å². The van der Waals surface area contributed by atoms with Gasteiger partial charge in [-0.25, -0.2) is 9.97 Å². The Balaban J connectivity index is 1.31. The molecule has 2 aliphatic heterocycles. The lowest BCUT2D eigenvalue weighted by Crippen LogP contribution is -2.43. The molecule has 214 valence electrons. The number of aromatic nitrogens is 2. The van der Waals surface area contributed by atoms with Gasteiger partial charge in [-0.3, -0.25) is 4.79 Å². The van der Waals surface area contributed by atoms with Crippen LogP contribution in [0.15, 0.2) is 89.9 Å². The number of nitrogens with one attached hydrogen (secondary N) is 1. The molecule has 3 aliphatic rings. The van der Waals surface area contributed by atoms with E-state index in [2.05, 4.69) is 50.5 Å². The number of amides is 1. The topological polar surface area (TPSA) is 98.3 Å². The highest BCUT2D eigenvalue weighted by Gasteiger charge is 2.32. The molecule has 1 fully saturated rings. The Morgan fingerprint density at radius 2 is 1.88 bits per heavy atom. The Bertz CT molecular complexity index is 1780. The molecule has 2 unspecified atom stereocenters. The lowest BCUT2D eigenvalue weighted by atomic mass is 9.87. The van der Waals surface area contributed by atoms with Crippen molar-refractivity contribution in [2.24, 2.45) is 11.8 Å². The van der Waals surface area contributed by atoms with Gasteiger partial charge in [-0.05, 0) is 46.9 Å². The second-order valence-corrected chi connectivity index (χ2v) is 11.4. The molecule has 43 heavy (non-hydrogen) atoms. The monoisotopic (exact) mass is 568 g/mol. The van der Waals surface area contributed by atoms with Gasteiger partial charge in [0, 0.05) is 73.1 Å². The van der Waals surface area contributed by atoms with Crippen molar-refractivity contribution in [2.45, 2.75) is 19.9 Å². The Labute approximate surface area is 251 Å². The van der Waals surface area contributed by atoms with Crippen molar-refractivity contribution in [3.05, 3.63) is 114 Å². The second kappa shape index (κ2) is 11.3. The van der Waals surface area contributed by atoms with Gasteiger partial charge in [0.2, 0.25) is 0 Å². The van der Waals surface area contributed by atoms with Crippen molar-refractivity contribution in [3.63, 3.8) is 0 Å². The minimum atomic E-state index is -0.169. The van der Waals surface area contributed by atoms with E-state index in [1.165, 1.54) is 6.33 Å². The number of anilines is 2. The molecule has 8 heteroatoms. The highest BCUT2D eigenvalue weighted by atomic mass is 16.4. The molecule has 1 saturated heterocycles. The molecule has 0 bridgehead atoms. The van der Waals surface area contributed by atoms with E-state index in [4.69, 9.17) is 4.42 Å². The van der Waals surface area contributed by atoms with Crippen LogP contribution in [0.2, 0.25) is 0 Å². The number of rotatable bonds is 5. The number of hydrogen-bond acceptors (Lipinski definition) is 7. The number of furan rings is 1. The van der Waals surface area contributed by atoms with Gasteiger partial charge in [-0.1, -0.05) is 49.4 Å². The SMILES string of the molecule is CC1C=C(c2cc3c(o2)C(=O)N(Cc2ccccc2-c2cncnc2)c2ccc(N4CCNCC4)cc2C3)C=CC1C#N. The Hall–Kier alpha value is -5.00. The third kappa shape index (κ3) is 5.13. The van der Waals surface area contributed by atoms with E-state index in [1.807, 2.05) is 54.3 Å². The lowest BCUT2D eigenvalue weighted by molar-refractivity contribution is 0.0958. The summed E-state index contributed by atoms with van der Waals surface area (Å²) in [6, 6.07) is 18.9. The summed E-state index contributed by atoms with van der Waals surface area (Å²) in [4.78, 5) is 27.1. The van der Waals surface area contributed by atoms with Crippen LogP contribution in [0.4, 0.5) is 11.4 Å². The molecule has 2 aromatic carbocycles. The maximum absolute atomic E-state index is 14.4. The molecule has 0 saturated carbocycles. The molecule has 7 rings (SSSR count). The minimum Gasteiger partial charge on any atom is -0.451 e. The fraction of sp³-hybridized carbons (Fsp3) is 0.257. The molecule has 4 aromatic rings. The molecule has 1 N–H and O–H groups in total. The zero-order valence-corrected chi connectivity index (χ0v) is 24.0. The van der Waals surface area contributed by atoms with Crippen molar-refractivity contribution in [2.75, 3.05) is 36.0 Å². The fourth-order valence-corrected chi connectivity index (χ4v) is 6.27. The molecular weight excluding hydrogens is 536 g/mol. The number of allylic oxidation sites excluding steroid dienone is 4. The number of piperazine rings is 1. The maximum Gasteiger partial charge on any atom is 0.294 e. The second-order valence-electron chi connectivity index (χ2n) is 11.4. The molecule has 1 aliphatic carbocycles. The number of fused-ring (bicyclic) bond motifs is 2. The van der Waals surface area contributed by atoms with E-state index < -0.39 is 0 Å². The lowest BCUT2D eigenvalue weighted by Gasteiger charge is -2.31. The van der Waals surface area contributed by atoms with Crippen LogP contribution in [0.3, 0.4) is 0 Å². The maximum atomic E-state index is 14.4. The van der Waals surface area contributed by atoms with Crippen molar-refractivity contribution < 1.29 is 9.21 Å². The zero-order chi connectivity index (χ0) is 29.3. The molecule has 1 amide bonds. The zero-order valence-electron chi connectivity index (χ0n) is 24.0. The van der Waals surface area contributed by atoms with E-state index in [0.29, 0.717) is 24.5 Å². The predicted octanol–water partition coefficient (Wildman–Crippen LogP) is 5.63. The molecule has 0 spiro atoms. The molecule has 8 nitrogen and oxygen atoms in total. The standard InChI is InChI=1S/C35H32N6O2/c1-23-14-24(6-7-25(23)18-36)33-17-28-15-27-16-30(40-12-10-37-11-13-40)8-9-32(27)41(35(42)34(28)43-33)21-26-4-2-3-5-31(26)29-19-38-22-39-20-29/h2-9,14,16-17,19-20,22-23,25,37H,10-13,15,21H2,1H3. The highest BCUT2D eigenvalue weighted by Crippen LogP contribution is 2.39. The molecule has 2 aromatic heterocycles. The van der Waals surface area contributed by atoms with Crippen LogP contribution < -0.4 is 15.1 Å². The van der Waals surface area contributed by atoms with Crippen molar-refractivity contribution in [1.29, 1.82) is 5.26 Å². The van der Waals surface area contributed by atoms with E-state index >= 15 is 0 Å². The number of benzene rings is 2. The summed E-state index contributed by atoms with van der Waals surface area (Å²) in [5.41, 5.74) is 7.78. The summed E-state index contributed by atoms with van der Waals surface area (Å²) in [5, 5.41) is 12.9. The fourth-order valence-electron chi connectivity index (χ4n) is 6.27. The summed E-state index contributed by atoms with van der Waals surface area (Å²) in [6.45, 7) is 6.17. The average Bonchev–Trinajstić information content (AvgIpc) is 3.44. The highest BCUT2D eigenvalue weighted by molar-refractivity contribution is 6.07. The largest absolute Gasteiger partial charge is 0.451 e. The van der Waals surface area contributed by atoms with Gasteiger partial charge in [0.15, 0.2) is 5.76 Å². The van der Waals surface area contributed by atoms with Crippen LogP contribution in [0.5, 0.6) is 0 Å². The molecule has 2 atom stereocenters. The number of nitriles is 1. The summed E-state index contributed by atoms with van der Waals surface area (Å²) in [6.07, 6.45) is 11.6. The average molecular weight is 569 g/mol. The minimum absolute atomic E-state index is 0.0582. The number of hydrogen-bond donors (Lipinski definition) is 1. The first kappa shape index (κ1) is 26.9. The molecule has 4 heterocycles. The van der Waals surface area contributed by atoms with Gasteiger partial charge < -0.3 is 19.5 Å². The summed E-state index contributed by atoms with van der Waals surface area (Å²) in [5.74, 6) is 0.737. The number of carbonyl (C=O) groups is 1. The van der Waals surface area contributed by atoms with E-state index in [0.717, 1.165) is 70.9 Å². The van der Waals surface area contributed by atoms with Crippen LogP contribution in [-0.2, 0) is 13.0 Å². The van der Waals surface area contributed by atoms with Crippen LogP contribution in [0.1, 0.15) is 39.9 Å². The van der Waals surface area contributed by atoms with Gasteiger partial charge in [0.1, 0.15) is 12.1 Å². The third-order valence-corrected chi connectivity index (χ3v) is 8.61. The number of nitrogens with zero attached hydrogens (tertiary/aromatic N) is 5. The summed E-state index contributed by atoms with van der Waals surface area (Å²) >= 11 is 0. The van der Waals surface area contributed by atoms with Crippen LogP contribution in [-0.4, -0.2) is 42.1 Å². The molecular formula is C35H32N6O2. The first-order valence-corrected chi connectivity index (χ1v) is 14.8. The van der Waals surface area contributed by atoms with Crippen molar-refractivity contribution >= 4 is 22.9 Å². The Morgan fingerprint density at radius 3 is 2.67 bits per heavy atom. The number of carbonyl (C=O) groups excluding carboxylic acids is 1. The smallest absolute Gasteiger partial charge is 0.294 e. The van der Waals surface area contributed by atoms with Crippen LogP contribution >= 0.6 is 0 Å². The molecule has 0 radical (unpaired) electrons. The van der Waals surface area contributed by atoms with Crippen molar-refractivity contribution in [3.8, 4) is 17.2 Å². The van der Waals surface area contributed by atoms with Crippen LogP contribution in [0.25, 0.3) is 16.7 Å². The van der Waals surface area contributed by atoms with Gasteiger partial charge >= 0.3 is 0 Å². The summed E-state index contributed by atoms with van der Waals surface area (Å²) in [7, 11) is 0. The van der Waals surface area contributed by atoms with Gasteiger partial charge in [0.25, 0.3) is 5.91 Å². The van der Waals surface area contributed by atoms with E-state index in [1.54, 1.807) is 12.4 Å². The normalized spacial score (nSPS) is 19.7. The third-order valence-electron chi connectivity index (χ3n) is 8.61. The van der Waals surface area contributed by atoms with E-state index in [-0.39, 0.29) is 17.7 Å². The predicted molar refractivity (Wildman–Crippen MR) is 166 cm³/mol.